The van der Waals surface area contributed by atoms with E-state index in [2.05, 4.69) is 27.1 Å². The van der Waals surface area contributed by atoms with Crippen LogP contribution in [0, 0.1) is 17.8 Å². The van der Waals surface area contributed by atoms with Crippen molar-refractivity contribution in [2.24, 2.45) is 0 Å². The molecule has 0 bridgehead atoms. The topological polar surface area (TPSA) is 37.8 Å². The van der Waals surface area contributed by atoms with Crippen LogP contribution in [-0.4, -0.2) is 16.5 Å². The summed E-state index contributed by atoms with van der Waals surface area (Å²) < 4.78 is 12.5. The lowest BCUT2D eigenvalue weighted by atomic mass is 10.4. The lowest BCUT2D eigenvalue weighted by Gasteiger charge is -2.00. The van der Waals surface area contributed by atoms with Gasteiger partial charge in [0.2, 0.25) is 5.95 Å². The van der Waals surface area contributed by atoms with Crippen LogP contribution in [0.25, 0.3) is 0 Å². The Balaban J connectivity index is 2.39. The summed E-state index contributed by atoms with van der Waals surface area (Å²) >= 11 is 0. The van der Waals surface area contributed by atoms with E-state index in [1.54, 1.807) is 6.92 Å². The standard InChI is InChI=1S/C9H10FN3/c1-2-3-4-5-11-9-6-8(10)12-7-13-9/h6-7H,4-5H2,1H3,(H,11,12,13). The van der Waals surface area contributed by atoms with Crippen molar-refractivity contribution in [3.63, 3.8) is 0 Å². The fourth-order valence-electron chi connectivity index (χ4n) is 0.808. The molecule has 0 aliphatic carbocycles. The third kappa shape index (κ3) is 3.52. The second-order valence-electron chi connectivity index (χ2n) is 2.33. The van der Waals surface area contributed by atoms with Crippen LogP contribution in [-0.2, 0) is 0 Å². The van der Waals surface area contributed by atoms with Gasteiger partial charge in [0.1, 0.15) is 12.1 Å². The van der Waals surface area contributed by atoms with E-state index < -0.39 is 5.95 Å². The quantitative estimate of drug-likeness (QED) is 0.433. The molecule has 1 aromatic rings. The number of hydrogen-bond donors (Lipinski definition) is 1. The zero-order chi connectivity index (χ0) is 9.52. The number of rotatable bonds is 3. The van der Waals surface area contributed by atoms with Crippen LogP contribution in [0.15, 0.2) is 12.4 Å². The molecule has 68 valence electrons. The van der Waals surface area contributed by atoms with E-state index in [9.17, 15) is 4.39 Å². The van der Waals surface area contributed by atoms with Gasteiger partial charge in [-0.1, -0.05) is 0 Å². The van der Waals surface area contributed by atoms with Gasteiger partial charge in [-0.25, -0.2) is 9.97 Å². The van der Waals surface area contributed by atoms with Crippen LogP contribution >= 0.6 is 0 Å². The molecule has 1 aromatic heterocycles. The average Bonchev–Trinajstić information content (AvgIpc) is 2.13. The van der Waals surface area contributed by atoms with E-state index in [1.807, 2.05) is 0 Å². The van der Waals surface area contributed by atoms with Gasteiger partial charge in [-0.15, -0.1) is 11.8 Å². The summed E-state index contributed by atoms with van der Waals surface area (Å²) in [7, 11) is 0. The molecule has 0 aliphatic rings. The van der Waals surface area contributed by atoms with E-state index >= 15 is 0 Å². The summed E-state index contributed by atoms with van der Waals surface area (Å²) in [4.78, 5) is 7.17. The van der Waals surface area contributed by atoms with Crippen LogP contribution in [0.5, 0.6) is 0 Å². The number of halogens is 1. The summed E-state index contributed by atoms with van der Waals surface area (Å²) in [6, 6.07) is 1.25. The smallest absolute Gasteiger partial charge is 0.217 e. The lowest BCUT2D eigenvalue weighted by molar-refractivity contribution is 0.580. The van der Waals surface area contributed by atoms with Crippen LogP contribution in [0.2, 0.25) is 0 Å². The molecule has 0 fully saturated rings. The van der Waals surface area contributed by atoms with Gasteiger partial charge in [0.25, 0.3) is 0 Å². The molecule has 1 rings (SSSR count). The molecule has 0 saturated carbocycles. The van der Waals surface area contributed by atoms with E-state index in [0.29, 0.717) is 12.4 Å². The molecule has 0 spiro atoms. The zero-order valence-corrected chi connectivity index (χ0v) is 7.34. The molecule has 1 N–H and O–H groups in total. The van der Waals surface area contributed by atoms with Crippen LogP contribution < -0.4 is 5.32 Å². The highest BCUT2D eigenvalue weighted by Crippen LogP contribution is 2.01. The second kappa shape index (κ2) is 5.09. The van der Waals surface area contributed by atoms with Crippen molar-refractivity contribution in [2.75, 3.05) is 11.9 Å². The van der Waals surface area contributed by atoms with Crippen molar-refractivity contribution in [2.45, 2.75) is 13.3 Å². The first kappa shape index (κ1) is 9.46. The normalized spacial score (nSPS) is 8.77. The van der Waals surface area contributed by atoms with Gasteiger partial charge >= 0.3 is 0 Å². The maximum Gasteiger partial charge on any atom is 0.217 e. The van der Waals surface area contributed by atoms with Gasteiger partial charge in [0.15, 0.2) is 0 Å². The molecule has 0 radical (unpaired) electrons. The van der Waals surface area contributed by atoms with E-state index in [4.69, 9.17) is 0 Å². The molecule has 0 aromatic carbocycles. The number of anilines is 1. The molecule has 0 unspecified atom stereocenters. The average molecular weight is 179 g/mol. The fourth-order valence-corrected chi connectivity index (χ4v) is 0.808. The molecule has 0 saturated heterocycles. The van der Waals surface area contributed by atoms with Crippen LogP contribution in [0.4, 0.5) is 10.2 Å². The molecule has 4 heteroatoms. The van der Waals surface area contributed by atoms with Crippen molar-refractivity contribution >= 4 is 5.82 Å². The summed E-state index contributed by atoms with van der Waals surface area (Å²) in [6.07, 6.45) is 1.91. The van der Waals surface area contributed by atoms with Crippen molar-refractivity contribution in [3.05, 3.63) is 18.3 Å². The van der Waals surface area contributed by atoms with Gasteiger partial charge in [-0.3, -0.25) is 0 Å². The van der Waals surface area contributed by atoms with Crippen molar-refractivity contribution < 1.29 is 4.39 Å². The van der Waals surface area contributed by atoms with Crippen LogP contribution in [0.3, 0.4) is 0 Å². The summed E-state index contributed by atoms with van der Waals surface area (Å²) in [5, 5.41) is 2.93. The minimum atomic E-state index is -0.529. The van der Waals surface area contributed by atoms with E-state index in [0.717, 1.165) is 6.42 Å². The first-order chi connectivity index (χ1) is 6.33. The summed E-state index contributed by atoms with van der Waals surface area (Å²) in [6.45, 7) is 2.45. The molecule has 1 heterocycles. The maximum absolute atomic E-state index is 12.5. The van der Waals surface area contributed by atoms with E-state index in [-0.39, 0.29) is 0 Å². The highest BCUT2D eigenvalue weighted by molar-refractivity contribution is 5.32. The predicted molar refractivity (Wildman–Crippen MR) is 48.5 cm³/mol. The monoisotopic (exact) mass is 179 g/mol. The second-order valence-corrected chi connectivity index (χ2v) is 2.33. The SMILES string of the molecule is CC#CCCNc1cc(F)ncn1. The maximum atomic E-state index is 12.5. The van der Waals surface area contributed by atoms with Crippen LogP contribution in [0.1, 0.15) is 13.3 Å². The van der Waals surface area contributed by atoms with E-state index in [1.165, 1.54) is 12.4 Å². The zero-order valence-electron chi connectivity index (χ0n) is 7.34. The highest BCUT2D eigenvalue weighted by Gasteiger charge is 1.94. The third-order valence-corrected chi connectivity index (χ3v) is 1.37. The highest BCUT2D eigenvalue weighted by atomic mass is 19.1. The Morgan fingerprint density at radius 1 is 1.54 bits per heavy atom. The first-order valence-electron chi connectivity index (χ1n) is 3.94. The summed E-state index contributed by atoms with van der Waals surface area (Å²) in [5.74, 6) is 5.61. The molecule has 3 nitrogen and oxygen atoms in total. The molecule has 0 aliphatic heterocycles. The number of hydrogen-bond acceptors (Lipinski definition) is 3. The van der Waals surface area contributed by atoms with Crippen molar-refractivity contribution in [3.8, 4) is 11.8 Å². The minimum Gasteiger partial charge on any atom is -0.369 e. The van der Waals surface area contributed by atoms with Gasteiger partial charge in [-0.2, -0.15) is 4.39 Å². The Bertz CT molecular complexity index is 327. The van der Waals surface area contributed by atoms with Gasteiger partial charge in [0.05, 0.1) is 0 Å². The van der Waals surface area contributed by atoms with Gasteiger partial charge < -0.3 is 5.32 Å². The lowest BCUT2D eigenvalue weighted by Crippen LogP contribution is -2.03. The first-order valence-corrected chi connectivity index (χ1v) is 3.94. The largest absolute Gasteiger partial charge is 0.369 e. The van der Waals surface area contributed by atoms with Gasteiger partial charge in [0, 0.05) is 19.0 Å². The Morgan fingerprint density at radius 2 is 2.38 bits per heavy atom. The third-order valence-electron chi connectivity index (χ3n) is 1.37. The number of nitrogens with zero attached hydrogens (tertiary/aromatic N) is 2. The Labute approximate surface area is 76.4 Å². The minimum absolute atomic E-state index is 0.491. The molecular weight excluding hydrogens is 169 g/mol. The molecule has 0 atom stereocenters. The number of nitrogens with one attached hydrogen (secondary N) is 1. The molecule has 0 amide bonds. The Morgan fingerprint density at radius 3 is 3.08 bits per heavy atom. The predicted octanol–water partition coefficient (Wildman–Crippen LogP) is 1.44. The Hall–Kier alpha value is -1.63. The fraction of sp³-hybridized carbons (Fsp3) is 0.333. The van der Waals surface area contributed by atoms with Crippen molar-refractivity contribution in [1.29, 1.82) is 0 Å². The number of aromatic nitrogens is 2. The summed E-state index contributed by atoms with van der Waals surface area (Å²) in [5.41, 5.74) is 0. The molecule has 13 heavy (non-hydrogen) atoms. The molecular formula is C9H10FN3. The van der Waals surface area contributed by atoms with Gasteiger partial charge in [-0.05, 0) is 6.92 Å². The van der Waals surface area contributed by atoms with Crippen molar-refractivity contribution in [1.82, 2.24) is 9.97 Å². The Kier molecular flexibility index (Phi) is 3.71.